The van der Waals surface area contributed by atoms with Crippen LogP contribution in [0.3, 0.4) is 0 Å². The van der Waals surface area contributed by atoms with Gasteiger partial charge in [-0.1, -0.05) is 45.0 Å². The largest absolute Gasteiger partial charge is 0.406 e. The minimum absolute atomic E-state index is 0.101. The van der Waals surface area contributed by atoms with E-state index < -0.39 is 11.6 Å². The molecule has 0 spiro atoms. The summed E-state index contributed by atoms with van der Waals surface area (Å²) in [4.78, 5) is 0. The highest BCUT2D eigenvalue weighted by molar-refractivity contribution is 6.80. The Labute approximate surface area is 123 Å². The van der Waals surface area contributed by atoms with E-state index in [-0.39, 0.29) is 12.4 Å². The summed E-state index contributed by atoms with van der Waals surface area (Å²) in [5, 5.41) is 6.32. The molecule has 108 valence electrons. The molecule has 0 atom stereocenters. The summed E-state index contributed by atoms with van der Waals surface area (Å²) in [6, 6.07) is 10.6. The second-order valence-electron chi connectivity index (χ2n) is 6.41. The number of benzene rings is 2. The minimum atomic E-state index is -0.841. The van der Waals surface area contributed by atoms with E-state index in [1.54, 1.807) is 0 Å². The van der Waals surface area contributed by atoms with Crippen LogP contribution in [0.2, 0.25) is 0 Å². The predicted octanol–water partition coefficient (Wildman–Crippen LogP) is 3.50. The molecule has 0 radical (unpaired) electrons. The van der Waals surface area contributed by atoms with Gasteiger partial charge in [-0.05, 0) is 16.4 Å². The van der Waals surface area contributed by atoms with Gasteiger partial charge in [-0.25, -0.2) is 8.78 Å². The molecule has 0 bridgehead atoms. The molecule has 0 saturated carbocycles. The molecule has 1 aliphatic rings. The molecule has 21 heavy (non-hydrogen) atoms. The minimum Gasteiger partial charge on any atom is -0.404 e. The molecule has 1 heterocycles. The highest BCUT2D eigenvalue weighted by Gasteiger charge is 2.28. The first kappa shape index (κ1) is 13.9. The Morgan fingerprint density at radius 3 is 1.76 bits per heavy atom. The van der Waals surface area contributed by atoms with Gasteiger partial charge in [0.05, 0.1) is 0 Å². The van der Waals surface area contributed by atoms with Gasteiger partial charge in [0.25, 0.3) is 0 Å². The summed E-state index contributed by atoms with van der Waals surface area (Å²) in [5.41, 5.74) is 3.54. The standard InChI is InChI=1S/C16H17BF2N2/c1-16(2,3)10-4-6-11(7-5-10)17-20-14-8-12(18)13(19)9-15(14)21-17/h4-9,20-21H,1-3H3. The van der Waals surface area contributed by atoms with Crippen LogP contribution < -0.4 is 15.9 Å². The van der Waals surface area contributed by atoms with Crippen molar-refractivity contribution in [3.8, 4) is 0 Å². The van der Waals surface area contributed by atoms with Crippen LogP contribution in [0.25, 0.3) is 0 Å². The summed E-state index contributed by atoms with van der Waals surface area (Å²) in [6.45, 7) is 6.32. The molecule has 2 N–H and O–H groups in total. The summed E-state index contributed by atoms with van der Waals surface area (Å²) in [5.74, 6) is -1.68. The van der Waals surface area contributed by atoms with Gasteiger partial charge in [-0.15, -0.1) is 0 Å². The van der Waals surface area contributed by atoms with Gasteiger partial charge in [-0.3, -0.25) is 0 Å². The van der Waals surface area contributed by atoms with E-state index in [4.69, 9.17) is 0 Å². The van der Waals surface area contributed by atoms with Crippen molar-refractivity contribution in [2.45, 2.75) is 26.2 Å². The first-order valence-corrected chi connectivity index (χ1v) is 6.97. The second-order valence-corrected chi connectivity index (χ2v) is 6.41. The molecule has 2 aromatic rings. The Kier molecular flexibility index (Phi) is 3.16. The number of anilines is 2. The molecule has 2 nitrogen and oxygen atoms in total. The highest BCUT2D eigenvalue weighted by Crippen LogP contribution is 2.30. The van der Waals surface area contributed by atoms with E-state index in [0.29, 0.717) is 11.4 Å². The molecule has 2 aromatic carbocycles. The molecular formula is C16H17BF2N2. The third-order valence-corrected chi connectivity index (χ3v) is 3.77. The van der Waals surface area contributed by atoms with Gasteiger partial charge in [0.2, 0.25) is 0 Å². The Hall–Kier alpha value is -2.04. The molecule has 0 fully saturated rings. The fourth-order valence-corrected chi connectivity index (χ4v) is 2.47. The van der Waals surface area contributed by atoms with Crippen LogP contribution in [0.4, 0.5) is 20.2 Å². The third kappa shape index (κ3) is 2.60. The average Bonchev–Trinajstić information content (AvgIpc) is 2.81. The molecule has 0 saturated heterocycles. The van der Waals surface area contributed by atoms with Gasteiger partial charge in [0, 0.05) is 23.5 Å². The van der Waals surface area contributed by atoms with Crippen LogP contribution in [0.15, 0.2) is 36.4 Å². The van der Waals surface area contributed by atoms with Gasteiger partial charge in [-0.2, -0.15) is 0 Å². The number of rotatable bonds is 1. The number of hydrogen-bond donors (Lipinski definition) is 2. The van der Waals surface area contributed by atoms with Crippen LogP contribution in [0.1, 0.15) is 26.3 Å². The van der Waals surface area contributed by atoms with Gasteiger partial charge < -0.3 is 10.5 Å². The van der Waals surface area contributed by atoms with E-state index in [1.165, 1.54) is 17.7 Å². The van der Waals surface area contributed by atoms with Crippen molar-refractivity contribution >= 4 is 23.8 Å². The summed E-state index contributed by atoms with van der Waals surface area (Å²) >= 11 is 0. The zero-order chi connectivity index (χ0) is 15.2. The lowest BCUT2D eigenvalue weighted by molar-refractivity contribution is 0.510. The van der Waals surface area contributed by atoms with Crippen molar-refractivity contribution in [2.75, 3.05) is 10.5 Å². The second kappa shape index (κ2) is 4.76. The van der Waals surface area contributed by atoms with Crippen LogP contribution >= 0.6 is 0 Å². The topological polar surface area (TPSA) is 24.1 Å². The Morgan fingerprint density at radius 1 is 0.857 bits per heavy atom. The summed E-state index contributed by atoms with van der Waals surface area (Å²) < 4.78 is 26.5. The molecule has 0 unspecified atom stereocenters. The van der Waals surface area contributed by atoms with Crippen molar-refractivity contribution in [3.63, 3.8) is 0 Å². The van der Waals surface area contributed by atoms with Crippen molar-refractivity contribution in [2.24, 2.45) is 0 Å². The maximum atomic E-state index is 13.2. The SMILES string of the molecule is CC(C)(C)c1ccc(B2Nc3cc(F)c(F)cc3N2)cc1. The van der Waals surface area contributed by atoms with Crippen molar-refractivity contribution < 1.29 is 8.78 Å². The van der Waals surface area contributed by atoms with Gasteiger partial charge in [0.15, 0.2) is 11.6 Å². The Bertz CT molecular complexity index is 647. The normalized spacial score (nSPS) is 13.7. The fraction of sp³-hybridized carbons (Fsp3) is 0.250. The van der Waals surface area contributed by atoms with E-state index in [2.05, 4.69) is 43.4 Å². The summed E-state index contributed by atoms with van der Waals surface area (Å²) in [7, 11) is 0. The van der Waals surface area contributed by atoms with Crippen LogP contribution in [-0.4, -0.2) is 6.98 Å². The third-order valence-electron chi connectivity index (χ3n) is 3.77. The molecule has 5 heteroatoms. The monoisotopic (exact) mass is 286 g/mol. The average molecular weight is 286 g/mol. The molecule has 0 aliphatic carbocycles. The zero-order valence-corrected chi connectivity index (χ0v) is 12.3. The number of halogens is 2. The van der Waals surface area contributed by atoms with Crippen LogP contribution in [0, 0.1) is 11.6 Å². The van der Waals surface area contributed by atoms with Gasteiger partial charge >= 0.3 is 6.98 Å². The molecule has 0 aromatic heterocycles. The van der Waals surface area contributed by atoms with Crippen LogP contribution in [0.5, 0.6) is 0 Å². The van der Waals surface area contributed by atoms with Gasteiger partial charge in [0.1, 0.15) is 0 Å². The maximum Gasteiger partial charge on any atom is 0.406 e. The zero-order valence-electron chi connectivity index (χ0n) is 12.3. The lowest BCUT2D eigenvalue weighted by Crippen LogP contribution is -2.42. The van der Waals surface area contributed by atoms with Crippen LogP contribution in [-0.2, 0) is 5.41 Å². The molecule has 0 amide bonds. The fourth-order valence-electron chi connectivity index (χ4n) is 2.47. The Morgan fingerprint density at radius 2 is 1.33 bits per heavy atom. The smallest absolute Gasteiger partial charge is 0.404 e. The van der Waals surface area contributed by atoms with E-state index in [0.717, 1.165) is 5.46 Å². The first-order chi connectivity index (χ1) is 9.84. The Balaban J connectivity index is 1.84. The molecule has 1 aliphatic heterocycles. The number of fused-ring (bicyclic) bond motifs is 1. The van der Waals surface area contributed by atoms with Crippen molar-refractivity contribution in [1.82, 2.24) is 0 Å². The number of nitrogens with one attached hydrogen (secondary N) is 2. The molecule has 3 rings (SSSR count). The highest BCUT2D eigenvalue weighted by atomic mass is 19.2. The lowest BCUT2D eigenvalue weighted by atomic mass is 9.68. The quantitative estimate of drug-likeness (QED) is 0.784. The van der Waals surface area contributed by atoms with E-state index >= 15 is 0 Å². The summed E-state index contributed by atoms with van der Waals surface area (Å²) in [6.07, 6.45) is 0. The van der Waals surface area contributed by atoms with Crippen molar-refractivity contribution in [3.05, 3.63) is 53.6 Å². The van der Waals surface area contributed by atoms with E-state index in [1.807, 2.05) is 12.1 Å². The maximum absolute atomic E-state index is 13.2. The molecular weight excluding hydrogens is 269 g/mol. The van der Waals surface area contributed by atoms with Crippen molar-refractivity contribution in [1.29, 1.82) is 0 Å². The predicted molar refractivity (Wildman–Crippen MR) is 84.1 cm³/mol. The number of hydrogen-bond acceptors (Lipinski definition) is 2. The first-order valence-electron chi connectivity index (χ1n) is 6.97. The lowest BCUT2D eigenvalue weighted by Gasteiger charge is -2.19. The van der Waals surface area contributed by atoms with E-state index in [9.17, 15) is 8.78 Å².